The van der Waals surface area contributed by atoms with Crippen LogP contribution in [-0.4, -0.2) is 26.3 Å². The van der Waals surface area contributed by atoms with Crippen LogP contribution in [0.15, 0.2) is 18.2 Å². The number of fused-ring (bicyclic) bond motifs is 1. The Morgan fingerprint density at radius 3 is 2.79 bits per heavy atom. The summed E-state index contributed by atoms with van der Waals surface area (Å²) in [5, 5.41) is 15.9. The van der Waals surface area contributed by atoms with Crippen molar-refractivity contribution in [3.05, 3.63) is 29.6 Å². The Morgan fingerprint density at radius 1 is 1.29 bits per heavy atom. The van der Waals surface area contributed by atoms with Crippen LogP contribution in [0.3, 0.4) is 0 Å². The number of aromatic nitrogens is 3. The molecular formula is C9H7N3O2. The molecular weight excluding hydrogens is 182 g/mol. The molecule has 0 aliphatic carbocycles. The summed E-state index contributed by atoms with van der Waals surface area (Å²) >= 11 is 0. The highest BCUT2D eigenvalue weighted by atomic mass is 16.4. The van der Waals surface area contributed by atoms with Crippen LogP contribution in [0.25, 0.3) is 11.0 Å². The van der Waals surface area contributed by atoms with Gasteiger partial charge in [0, 0.05) is 0 Å². The van der Waals surface area contributed by atoms with Gasteiger partial charge in [-0.25, -0.2) is 9.78 Å². The van der Waals surface area contributed by atoms with Crippen molar-refractivity contribution in [1.82, 2.24) is 15.2 Å². The van der Waals surface area contributed by atoms with E-state index in [9.17, 15) is 4.79 Å². The van der Waals surface area contributed by atoms with Crippen molar-refractivity contribution in [3.63, 3.8) is 0 Å². The van der Waals surface area contributed by atoms with Gasteiger partial charge in [-0.05, 0) is 24.6 Å². The van der Waals surface area contributed by atoms with E-state index in [1.807, 2.05) is 13.0 Å². The maximum atomic E-state index is 10.5. The number of aromatic carboxylic acids is 1. The molecule has 2 rings (SSSR count). The maximum absolute atomic E-state index is 10.5. The highest BCUT2D eigenvalue weighted by Gasteiger charge is 2.08. The lowest BCUT2D eigenvalue weighted by Gasteiger charge is -1.97. The van der Waals surface area contributed by atoms with E-state index < -0.39 is 5.97 Å². The molecule has 1 heterocycles. The van der Waals surface area contributed by atoms with Crippen molar-refractivity contribution in [1.29, 1.82) is 0 Å². The molecule has 0 saturated heterocycles. The second-order valence-corrected chi connectivity index (χ2v) is 2.93. The van der Waals surface area contributed by atoms with Gasteiger partial charge in [0.1, 0.15) is 5.52 Å². The monoisotopic (exact) mass is 189 g/mol. The van der Waals surface area contributed by atoms with Crippen LogP contribution in [0, 0.1) is 6.92 Å². The minimum absolute atomic E-state index is 0.277. The largest absolute Gasteiger partial charge is 0.475 e. The molecule has 1 N–H and O–H groups in total. The summed E-state index contributed by atoms with van der Waals surface area (Å²) in [6.45, 7) is 1.92. The third kappa shape index (κ3) is 1.39. The quantitative estimate of drug-likeness (QED) is 0.725. The van der Waals surface area contributed by atoms with E-state index in [0.717, 1.165) is 5.56 Å². The van der Waals surface area contributed by atoms with E-state index in [-0.39, 0.29) is 5.82 Å². The van der Waals surface area contributed by atoms with Crippen LogP contribution in [0.4, 0.5) is 0 Å². The molecule has 0 aliphatic rings. The molecule has 0 bridgehead atoms. The van der Waals surface area contributed by atoms with Gasteiger partial charge in [0.15, 0.2) is 0 Å². The minimum atomic E-state index is -1.17. The number of carboxylic acids is 1. The van der Waals surface area contributed by atoms with Gasteiger partial charge in [0.05, 0.1) is 5.52 Å². The molecule has 1 aromatic carbocycles. The molecule has 0 amide bonds. The van der Waals surface area contributed by atoms with Crippen molar-refractivity contribution in [2.75, 3.05) is 0 Å². The van der Waals surface area contributed by atoms with E-state index in [1.165, 1.54) is 0 Å². The van der Waals surface area contributed by atoms with Gasteiger partial charge in [0.25, 0.3) is 5.82 Å². The van der Waals surface area contributed by atoms with Crippen LogP contribution in [0.2, 0.25) is 0 Å². The predicted octanol–water partition coefficient (Wildman–Crippen LogP) is 1.03. The smallest absolute Gasteiger partial charge is 0.375 e. The first kappa shape index (κ1) is 8.55. The number of aryl methyl sites for hydroxylation is 1. The van der Waals surface area contributed by atoms with Crippen molar-refractivity contribution >= 4 is 17.0 Å². The highest BCUT2D eigenvalue weighted by molar-refractivity contribution is 5.85. The third-order valence-electron chi connectivity index (χ3n) is 1.80. The fourth-order valence-electron chi connectivity index (χ4n) is 1.14. The Balaban J connectivity index is 2.67. The number of nitrogens with zero attached hydrogens (tertiary/aromatic N) is 3. The van der Waals surface area contributed by atoms with E-state index in [2.05, 4.69) is 15.2 Å². The molecule has 0 saturated carbocycles. The fourth-order valence-corrected chi connectivity index (χ4v) is 1.14. The Labute approximate surface area is 79.4 Å². The molecule has 2 aromatic rings. The van der Waals surface area contributed by atoms with Crippen LogP contribution >= 0.6 is 0 Å². The van der Waals surface area contributed by atoms with Gasteiger partial charge in [0.2, 0.25) is 0 Å². The van der Waals surface area contributed by atoms with Crippen molar-refractivity contribution in [2.24, 2.45) is 0 Å². The number of benzene rings is 1. The molecule has 1 aromatic heterocycles. The molecule has 0 atom stereocenters. The maximum Gasteiger partial charge on any atom is 0.375 e. The summed E-state index contributed by atoms with van der Waals surface area (Å²) in [5.74, 6) is -1.44. The van der Waals surface area contributed by atoms with E-state index >= 15 is 0 Å². The molecule has 0 unspecified atom stereocenters. The molecule has 70 valence electrons. The van der Waals surface area contributed by atoms with Crippen molar-refractivity contribution < 1.29 is 9.90 Å². The SMILES string of the molecule is Cc1ccc2nc(C(=O)O)nnc2c1. The number of carbonyl (C=O) groups is 1. The highest BCUT2D eigenvalue weighted by Crippen LogP contribution is 2.09. The van der Waals surface area contributed by atoms with Crippen LogP contribution in [0.5, 0.6) is 0 Å². The van der Waals surface area contributed by atoms with Gasteiger partial charge >= 0.3 is 5.97 Å². The molecule has 14 heavy (non-hydrogen) atoms. The summed E-state index contributed by atoms with van der Waals surface area (Å²) in [6.07, 6.45) is 0. The number of hydrogen-bond donors (Lipinski definition) is 1. The number of carboxylic acid groups (broad SMARTS) is 1. The summed E-state index contributed by atoms with van der Waals surface area (Å²) in [6, 6.07) is 5.38. The Kier molecular flexibility index (Phi) is 1.85. The fraction of sp³-hybridized carbons (Fsp3) is 0.111. The van der Waals surface area contributed by atoms with E-state index in [4.69, 9.17) is 5.11 Å². The molecule has 0 aliphatic heterocycles. The normalized spacial score (nSPS) is 10.4. The average Bonchev–Trinajstić information content (AvgIpc) is 2.16. The Morgan fingerprint density at radius 2 is 2.07 bits per heavy atom. The lowest BCUT2D eigenvalue weighted by Crippen LogP contribution is -2.05. The summed E-state index contributed by atoms with van der Waals surface area (Å²) < 4.78 is 0. The molecule has 5 nitrogen and oxygen atoms in total. The zero-order valence-electron chi connectivity index (χ0n) is 7.43. The van der Waals surface area contributed by atoms with E-state index in [0.29, 0.717) is 11.0 Å². The summed E-state index contributed by atoms with van der Waals surface area (Å²) in [7, 11) is 0. The topological polar surface area (TPSA) is 76.0 Å². The van der Waals surface area contributed by atoms with Gasteiger partial charge in [-0.15, -0.1) is 10.2 Å². The summed E-state index contributed by atoms with van der Waals surface area (Å²) in [4.78, 5) is 14.4. The lowest BCUT2D eigenvalue weighted by molar-refractivity contribution is 0.0682. The van der Waals surface area contributed by atoms with E-state index in [1.54, 1.807) is 12.1 Å². The van der Waals surface area contributed by atoms with Gasteiger partial charge < -0.3 is 5.11 Å². The lowest BCUT2D eigenvalue weighted by atomic mass is 10.2. The first-order valence-corrected chi connectivity index (χ1v) is 4.01. The predicted molar refractivity (Wildman–Crippen MR) is 49.0 cm³/mol. The molecule has 0 fully saturated rings. The number of hydrogen-bond acceptors (Lipinski definition) is 4. The first-order chi connectivity index (χ1) is 6.66. The Bertz CT molecular complexity index is 510. The zero-order chi connectivity index (χ0) is 10.1. The second-order valence-electron chi connectivity index (χ2n) is 2.93. The number of rotatable bonds is 1. The summed E-state index contributed by atoms with van der Waals surface area (Å²) in [5.41, 5.74) is 2.19. The first-order valence-electron chi connectivity index (χ1n) is 4.01. The zero-order valence-corrected chi connectivity index (χ0v) is 7.43. The van der Waals surface area contributed by atoms with Gasteiger partial charge in [-0.2, -0.15) is 0 Å². The van der Waals surface area contributed by atoms with Crippen LogP contribution in [0.1, 0.15) is 16.2 Å². The van der Waals surface area contributed by atoms with Crippen LogP contribution < -0.4 is 0 Å². The third-order valence-corrected chi connectivity index (χ3v) is 1.80. The standard InChI is InChI=1S/C9H7N3O2/c1-5-2-3-6-7(4-5)11-12-8(10-6)9(13)14/h2-4H,1H3,(H,13,14). The molecule has 0 radical (unpaired) electrons. The molecule has 5 heteroatoms. The Hall–Kier alpha value is -2.04. The van der Waals surface area contributed by atoms with Crippen molar-refractivity contribution in [3.8, 4) is 0 Å². The minimum Gasteiger partial charge on any atom is -0.475 e. The van der Waals surface area contributed by atoms with Crippen LogP contribution in [-0.2, 0) is 0 Å². The van der Waals surface area contributed by atoms with Gasteiger partial charge in [-0.1, -0.05) is 6.07 Å². The van der Waals surface area contributed by atoms with Crippen molar-refractivity contribution in [2.45, 2.75) is 6.92 Å². The molecule has 0 spiro atoms. The average molecular weight is 189 g/mol. The second kappa shape index (κ2) is 3.02. The van der Waals surface area contributed by atoms with Gasteiger partial charge in [-0.3, -0.25) is 0 Å².